The van der Waals surface area contributed by atoms with Crippen molar-refractivity contribution in [1.82, 2.24) is 4.90 Å². The van der Waals surface area contributed by atoms with Gasteiger partial charge in [0.1, 0.15) is 12.4 Å². The van der Waals surface area contributed by atoms with Crippen molar-refractivity contribution >= 4 is 15.9 Å². The average molecular weight is 316 g/mol. The van der Waals surface area contributed by atoms with Gasteiger partial charge in [-0.2, -0.15) is 0 Å². The van der Waals surface area contributed by atoms with Gasteiger partial charge >= 0.3 is 0 Å². The summed E-state index contributed by atoms with van der Waals surface area (Å²) in [4.78, 5) is 2.21. The number of ether oxygens (including phenoxy) is 2. The minimum Gasteiger partial charge on any atom is -0.492 e. The molecule has 0 N–H and O–H groups in total. The van der Waals surface area contributed by atoms with Crippen LogP contribution in [-0.2, 0) is 4.74 Å². The second kappa shape index (κ2) is 8.51. The molecular formula is C14H22BrNO2. The lowest BCUT2D eigenvalue weighted by atomic mass is 10.3. The number of hydrogen-bond donors (Lipinski definition) is 0. The molecule has 0 bridgehead atoms. The molecule has 0 spiro atoms. The van der Waals surface area contributed by atoms with E-state index in [2.05, 4.69) is 41.7 Å². The monoisotopic (exact) mass is 315 g/mol. The van der Waals surface area contributed by atoms with E-state index in [9.17, 15) is 0 Å². The Morgan fingerprint density at radius 2 is 1.72 bits per heavy atom. The van der Waals surface area contributed by atoms with Crippen molar-refractivity contribution < 1.29 is 9.47 Å². The number of likely N-dealkylation sites (N-methyl/N-ethyl adjacent to an activating group) is 1. The number of nitrogens with zero attached hydrogens (tertiary/aromatic N) is 1. The largest absolute Gasteiger partial charge is 0.492 e. The van der Waals surface area contributed by atoms with E-state index in [4.69, 9.17) is 9.47 Å². The minimum absolute atomic E-state index is 0.303. The summed E-state index contributed by atoms with van der Waals surface area (Å²) in [6.07, 6.45) is 0.303. The zero-order valence-electron chi connectivity index (χ0n) is 11.4. The number of benzene rings is 1. The highest BCUT2D eigenvalue weighted by Crippen LogP contribution is 2.15. The molecular weight excluding hydrogens is 294 g/mol. The van der Waals surface area contributed by atoms with Crippen LogP contribution in [0, 0.1) is 0 Å². The third-order valence-corrected chi connectivity index (χ3v) is 3.01. The number of halogens is 1. The van der Waals surface area contributed by atoms with Gasteiger partial charge in [-0.05, 0) is 45.2 Å². The molecule has 0 unspecified atom stereocenters. The second-order valence-corrected chi connectivity index (χ2v) is 5.44. The summed E-state index contributed by atoms with van der Waals surface area (Å²) in [5.74, 6) is 0.907. The molecule has 0 saturated carbocycles. The van der Waals surface area contributed by atoms with E-state index in [1.54, 1.807) is 0 Å². The Kier molecular flexibility index (Phi) is 7.32. The Hall–Kier alpha value is -0.580. The Bertz CT molecular complexity index is 327. The van der Waals surface area contributed by atoms with E-state index in [0.29, 0.717) is 12.7 Å². The topological polar surface area (TPSA) is 21.7 Å². The van der Waals surface area contributed by atoms with E-state index in [0.717, 1.165) is 29.9 Å². The van der Waals surface area contributed by atoms with E-state index < -0.39 is 0 Å². The quantitative estimate of drug-likeness (QED) is 0.735. The number of rotatable bonds is 8. The van der Waals surface area contributed by atoms with Crippen molar-refractivity contribution in [2.45, 2.75) is 20.0 Å². The molecule has 18 heavy (non-hydrogen) atoms. The van der Waals surface area contributed by atoms with Gasteiger partial charge in [-0.3, -0.25) is 0 Å². The van der Waals surface area contributed by atoms with E-state index in [-0.39, 0.29) is 0 Å². The summed E-state index contributed by atoms with van der Waals surface area (Å²) in [6, 6.07) is 7.89. The van der Waals surface area contributed by atoms with Gasteiger partial charge in [0.2, 0.25) is 0 Å². The van der Waals surface area contributed by atoms with Crippen LogP contribution in [0.15, 0.2) is 28.7 Å². The molecule has 0 fully saturated rings. The Labute approximate surface area is 118 Å². The Balaban J connectivity index is 2.11. The molecule has 1 rings (SSSR count). The molecule has 0 saturated heterocycles. The van der Waals surface area contributed by atoms with Gasteiger partial charge in [-0.1, -0.05) is 15.9 Å². The molecule has 1 aromatic carbocycles. The fourth-order valence-corrected chi connectivity index (χ4v) is 1.67. The number of hydrogen-bond acceptors (Lipinski definition) is 3. The normalized spacial score (nSPS) is 11.2. The summed E-state index contributed by atoms with van der Waals surface area (Å²) in [6.45, 7) is 7.40. The maximum absolute atomic E-state index is 5.66. The molecule has 0 heterocycles. The molecule has 3 nitrogen and oxygen atoms in total. The summed E-state index contributed by atoms with van der Waals surface area (Å²) in [5, 5.41) is 0. The molecule has 0 amide bonds. The average Bonchev–Trinajstić information content (AvgIpc) is 2.31. The Morgan fingerprint density at radius 3 is 2.33 bits per heavy atom. The first kappa shape index (κ1) is 15.5. The third kappa shape index (κ3) is 6.99. The summed E-state index contributed by atoms with van der Waals surface area (Å²) < 4.78 is 12.2. The first-order valence-corrected chi connectivity index (χ1v) is 7.05. The SMILES string of the molecule is CC(C)OCCN(C)CCOc1ccc(Br)cc1. The van der Waals surface area contributed by atoms with Crippen LogP contribution in [0.1, 0.15) is 13.8 Å². The van der Waals surface area contributed by atoms with Gasteiger partial charge < -0.3 is 14.4 Å². The minimum atomic E-state index is 0.303. The highest BCUT2D eigenvalue weighted by Gasteiger charge is 2.00. The lowest BCUT2D eigenvalue weighted by Crippen LogP contribution is -2.28. The molecule has 0 atom stereocenters. The first-order valence-electron chi connectivity index (χ1n) is 6.26. The molecule has 0 aliphatic carbocycles. The van der Waals surface area contributed by atoms with Gasteiger partial charge in [0.15, 0.2) is 0 Å². The van der Waals surface area contributed by atoms with Crippen molar-refractivity contribution in [1.29, 1.82) is 0 Å². The maximum Gasteiger partial charge on any atom is 0.119 e. The lowest BCUT2D eigenvalue weighted by Gasteiger charge is -2.17. The molecule has 1 aromatic rings. The highest BCUT2D eigenvalue weighted by atomic mass is 79.9. The van der Waals surface area contributed by atoms with Crippen molar-refractivity contribution in [2.75, 3.05) is 33.4 Å². The van der Waals surface area contributed by atoms with Crippen LogP contribution in [0.25, 0.3) is 0 Å². The van der Waals surface area contributed by atoms with Crippen LogP contribution in [-0.4, -0.2) is 44.4 Å². The van der Waals surface area contributed by atoms with E-state index in [1.807, 2.05) is 24.3 Å². The summed E-state index contributed by atoms with van der Waals surface area (Å²) >= 11 is 3.40. The maximum atomic E-state index is 5.66. The van der Waals surface area contributed by atoms with Crippen molar-refractivity contribution in [3.05, 3.63) is 28.7 Å². The zero-order chi connectivity index (χ0) is 13.4. The lowest BCUT2D eigenvalue weighted by molar-refractivity contribution is 0.0616. The van der Waals surface area contributed by atoms with Crippen molar-refractivity contribution in [3.8, 4) is 5.75 Å². The summed E-state index contributed by atoms with van der Waals surface area (Å²) in [5.41, 5.74) is 0. The van der Waals surface area contributed by atoms with Crippen LogP contribution in [0.2, 0.25) is 0 Å². The molecule has 0 aliphatic heterocycles. The predicted molar refractivity (Wildman–Crippen MR) is 78.2 cm³/mol. The van der Waals surface area contributed by atoms with E-state index in [1.165, 1.54) is 0 Å². The summed E-state index contributed by atoms with van der Waals surface area (Å²) in [7, 11) is 2.08. The molecule has 4 heteroatoms. The molecule has 102 valence electrons. The molecule has 0 aliphatic rings. The van der Waals surface area contributed by atoms with Crippen molar-refractivity contribution in [3.63, 3.8) is 0 Å². The zero-order valence-corrected chi connectivity index (χ0v) is 12.9. The van der Waals surface area contributed by atoms with Gasteiger partial charge in [-0.25, -0.2) is 0 Å². The second-order valence-electron chi connectivity index (χ2n) is 4.53. The first-order chi connectivity index (χ1) is 8.58. The van der Waals surface area contributed by atoms with E-state index >= 15 is 0 Å². The standard InChI is InChI=1S/C14H22BrNO2/c1-12(2)17-10-8-16(3)9-11-18-14-6-4-13(15)5-7-14/h4-7,12H,8-11H2,1-3H3. The van der Waals surface area contributed by atoms with Crippen molar-refractivity contribution in [2.24, 2.45) is 0 Å². The highest BCUT2D eigenvalue weighted by molar-refractivity contribution is 9.10. The van der Waals surface area contributed by atoms with Gasteiger partial charge in [0, 0.05) is 17.6 Å². The van der Waals surface area contributed by atoms with Gasteiger partial charge in [-0.15, -0.1) is 0 Å². The van der Waals surface area contributed by atoms with Crippen LogP contribution in [0.5, 0.6) is 5.75 Å². The van der Waals surface area contributed by atoms with Gasteiger partial charge in [0.25, 0.3) is 0 Å². The van der Waals surface area contributed by atoms with Crippen LogP contribution in [0.4, 0.5) is 0 Å². The fourth-order valence-electron chi connectivity index (χ4n) is 1.41. The van der Waals surface area contributed by atoms with Gasteiger partial charge in [0.05, 0.1) is 12.7 Å². The van der Waals surface area contributed by atoms with Crippen LogP contribution in [0.3, 0.4) is 0 Å². The molecule has 0 aromatic heterocycles. The third-order valence-electron chi connectivity index (χ3n) is 2.48. The van der Waals surface area contributed by atoms with Crippen LogP contribution < -0.4 is 4.74 Å². The smallest absolute Gasteiger partial charge is 0.119 e. The molecule has 0 radical (unpaired) electrons. The Morgan fingerprint density at radius 1 is 1.11 bits per heavy atom. The predicted octanol–water partition coefficient (Wildman–Crippen LogP) is 3.18. The fraction of sp³-hybridized carbons (Fsp3) is 0.571. The van der Waals surface area contributed by atoms with Crippen LogP contribution >= 0.6 is 15.9 Å².